The van der Waals surface area contributed by atoms with Crippen molar-refractivity contribution in [3.05, 3.63) is 48.0 Å². The first-order chi connectivity index (χ1) is 9.20. The fourth-order valence-electron chi connectivity index (χ4n) is 2.71. The van der Waals surface area contributed by atoms with E-state index >= 15 is 0 Å². The smallest absolute Gasteiger partial charge is 0.0828 e. The highest BCUT2D eigenvalue weighted by Gasteiger charge is 2.25. The summed E-state index contributed by atoms with van der Waals surface area (Å²) >= 11 is 0. The molecule has 2 heteroatoms. The Hall–Kier alpha value is -1.12. The van der Waals surface area contributed by atoms with Crippen LogP contribution in [0.2, 0.25) is 0 Å². The molecule has 104 valence electrons. The Morgan fingerprint density at radius 1 is 1.21 bits per heavy atom. The van der Waals surface area contributed by atoms with Crippen molar-refractivity contribution in [2.24, 2.45) is 0 Å². The van der Waals surface area contributed by atoms with Crippen LogP contribution in [0.5, 0.6) is 0 Å². The third-order valence-electron chi connectivity index (χ3n) is 3.99. The molecule has 1 atom stereocenters. The Kier molecular flexibility index (Phi) is 5.17. The van der Waals surface area contributed by atoms with Gasteiger partial charge in [-0.15, -0.1) is 0 Å². The molecule has 0 unspecified atom stereocenters. The zero-order chi connectivity index (χ0) is 13.6. The van der Waals surface area contributed by atoms with Crippen LogP contribution in [0.15, 0.2) is 42.5 Å². The normalized spacial score (nSPS) is 20.5. The highest BCUT2D eigenvalue weighted by Crippen LogP contribution is 2.28. The molecule has 0 saturated heterocycles. The largest absolute Gasteiger partial charge is 0.386 e. The molecule has 1 fully saturated rings. The second kappa shape index (κ2) is 6.88. The molecule has 2 N–H and O–H groups in total. The van der Waals surface area contributed by atoms with Crippen molar-refractivity contribution in [1.82, 2.24) is 5.32 Å². The molecule has 0 aliphatic heterocycles. The maximum atomic E-state index is 10.3. The van der Waals surface area contributed by atoms with Crippen LogP contribution in [-0.4, -0.2) is 17.3 Å². The summed E-state index contributed by atoms with van der Waals surface area (Å²) in [7, 11) is 0. The van der Waals surface area contributed by atoms with Gasteiger partial charge in [-0.2, -0.15) is 0 Å². The minimum absolute atomic E-state index is 0.340. The second-order valence-electron chi connectivity index (χ2n) is 5.61. The highest BCUT2D eigenvalue weighted by atomic mass is 16.3. The van der Waals surface area contributed by atoms with Gasteiger partial charge in [-0.05, 0) is 25.3 Å². The number of rotatable bonds is 5. The topological polar surface area (TPSA) is 32.3 Å². The summed E-state index contributed by atoms with van der Waals surface area (Å²) in [4.78, 5) is 0. The first kappa shape index (κ1) is 14.3. The van der Waals surface area contributed by atoms with Crippen LogP contribution in [0.1, 0.15) is 50.6 Å². The van der Waals surface area contributed by atoms with E-state index in [-0.39, 0.29) is 0 Å². The molecule has 0 radical (unpaired) electrons. The molecule has 1 aliphatic carbocycles. The summed E-state index contributed by atoms with van der Waals surface area (Å²) < 4.78 is 0. The van der Waals surface area contributed by atoms with Gasteiger partial charge in [-0.1, -0.05) is 61.7 Å². The van der Waals surface area contributed by atoms with Crippen LogP contribution in [0, 0.1) is 0 Å². The standard InChI is InChI=1S/C17H25NO/c1-15(16-9-4-2-5-10-16)18-14-8-13-17(19)11-6-3-7-12-17/h2,4-5,8-10,13,15,18-19H,3,6-7,11-12,14H2,1H3/b13-8-/t15-/m1/s1. The van der Waals surface area contributed by atoms with Crippen LogP contribution in [0.3, 0.4) is 0 Å². The highest BCUT2D eigenvalue weighted by molar-refractivity contribution is 5.18. The average Bonchev–Trinajstić information content (AvgIpc) is 2.45. The molecular formula is C17H25NO. The summed E-state index contributed by atoms with van der Waals surface area (Å²) in [5.74, 6) is 0. The molecule has 1 aliphatic rings. The van der Waals surface area contributed by atoms with Crippen molar-refractivity contribution >= 4 is 0 Å². The van der Waals surface area contributed by atoms with Gasteiger partial charge >= 0.3 is 0 Å². The summed E-state index contributed by atoms with van der Waals surface area (Å²) in [6.45, 7) is 2.97. The van der Waals surface area contributed by atoms with E-state index in [1.54, 1.807) is 0 Å². The molecule has 0 aromatic heterocycles. The number of aliphatic hydroxyl groups is 1. The molecule has 1 saturated carbocycles. The minimum atomic E-state index is -0.546. The Morgan fingerprint density at radius 2 is 1.89 bits per heavy atom. The molecule has 1 aromatic rings. The Morgan fingerprint density at radius 3 is 2.58 bits per heavy atom. The van der Waals surface area contributed by atoms with Gasteiger partial charge < -0.3 is 10.4 Å². The van der Waals surface area contributed by atoms with Gasteiger partial charge in [0.1, 0.15) is 0 Å². The van der Waals surface area contributed by atoms with E-state index in [2.05, 4.69) is 42.6 Å². The summed E-state index contributed by atoms with van der Waals surface area (Å²) in [6, 6.07) is 10.8. The van der Waals surface area contributed by atoms with Crippen molar-refractivity contribution in [2.75, 3.05) is 6.54 Å². The predicted octanol–water partition coefficient (Wildman–Crippen LogP) is 3.59. The first-order valence-corrected chi connectivity index (χ1v) is 7.38. The van der Waals surface area contributed by atoms with Crippen LogP contribution >= 0.6 is 0 Å². The predicted molar refractivity (Wildman–Crippen MR) is 80.0 cm³/mol. The van der Waals surface area contributed by atoms with E-state index in [0.717, 1.165) is 32.2 Å². The van der Waals surface area contributed by atoms with Crippen LogP contribution in [-0.2, 0) is 0 Å². The number of hydrogen-bond donors (Lipinski definition) is 2. The first-order valence-electron chi connectivity index (χ1n) is 7.38. The Bertz CT molecular complexity index is 393. The lowest BCUT2D eigenvalue weighted by molar-refractivity contribution is 0.0511. The summed E-state index contributed by atoms with van der Waals surface area (Å²) in [5.41, 5.74) is 0.753. The molecular weight excluding hydrogens is 234 g/mol. The number of hydrogen-bond acceptors (Lipinski definition) is 2. The fraction of sp³-hybridized carbons (Fsp3) is 0.529. The zero-order valence-corrected chi connectivity index (χ0v) is 11.8. The second-order valence-corrected chi connectivity index (χ2v) is 5.61. The van der Waals surface area contributed by atoms with Crippen LogP contribution in [0.4, 0.5) is 0 Å². The van der Waals surface area contributed by atoms with Crippen LogP contribution in [0.25, 0.3) is 0 Å². The number of nitrogens with one attached hydrogen (secondary N) is 1. The van der Waals surface area contributed by atoms with Crippen LogP contribution < -0.4 is 5.32 Å². The third-order valence-corrected chi connectivity index (χ3v) is 3.99. The lowest BCUT2D eigenvalue weighted by atomic mass is 9.85. The molecule has 0 bridgehead atoms. The summed E-state index contributed by atoms with van der Waals surface area (Å²) in [6.07, 6.45) is 9.46. The van der Waals surface area contributed by atoms with E-state index in [1.165, 1.54) is 12.0 Å². The Balaban J connectivity index is 1.77. The van der Waals surface area contributed by atoms with Gasteiger partial charge in [0.15, 0.2) is 0 Å². The van der Waals surface area contributed by atoms with Gasteiger partial charge in [0.25, 0.3) is 0 Å². The Labute approximate surface area is 116 Å². The van der Waals surface area contributed by atoms with Crippen molar-refractivity contribution in [3.8, 4) is 0 Å². The lowest BCUT2D eigenvalue weighted by Crippen LogP contribution is -2.29. The lowest BCUT2D eigenvalue weighted by Gasteiger charge is -2.28. The van der Waals surface area contributed by atoms with Crippen molar-refractivity contribution in [1.29, 1.82) is 0 Å². The van der Waals surface area contributed by atoms with Crippen molar-refractivity contribution < 1.29 is 5.11 Å². The maximum Gasteiger partial charge on any atom is 0.0828 e. The van der Waals surface area contributed by atoms with E-state index in [0.29, 0.717) is 6.04 Å². The molecule has 2 nitrogen and oxygen atoms in total. The van der Waals surface area contributed by atoms with Gasteiger partial charge in [0, 0.05) is 12.6 Å². The van der Waals surface area contributed by atoms with E-state index in [9.17, 15) is 5.11 Å². The fourth-order valence-corrected chi connectivity index (χ4v) is 2.71. The molecule has 0 heterocycles. The third kappa shape index (κ3) is 4.48. The van der Waals surface area contributed by atoms with Gasteiger partial charge in [-0.3, -0.25) is 0 Å². The minimum Gasteiger partial charge on any atom is -0.386 e. The molecule has 0 amide bonds. The van der Waals surface area contributed by atoms with Gasteiger partial charge in [-0.25, -0.2) is 0 Å². The SMILES string of the molecule is C[C@@H](NC/C=C\C1(O)CCCCC1)c1ccccc1. The van der Waals surface area contributed by atoms with E-state index in [1.807, 2.05) is 12.1 Å². The average molecular weight is 259 g/mol. The number of benzene rings is 1. The van der Waals surface area contributed by atoms with Gasteiger partial charge in [0.05, 0.1) is 5.60 Å². The van der Waals surface area contributed by atoms with Gasteiger partial charge in [0.2, 0.25) is 0 Å². The summed E-state index contributed by atoms with van der Waals surface area (Å²) in [5, 5.41) is 13.8. The van der Waals surface area contributed by atoms with E-state index < -0.39 is 5.60 Å². The van der Waals surface area contributed by atoms with E-state index in [4.69, 9.17) is 0 Å². The molecule has 1 aromatic carbocycles. The van der Waals surface area contributed by atoms with Crippen molar-refractivity contribution in [3.63, 3.8) is 0 Å². The van der Waals surface area contributed by atoms with Crippen molar-refractivity contribution in [2.45, 2.75) is 50.7 Å². The molecule has 19 heavy (non-hydrogen) atoms. The monoisotopic (exact) mass is 259 g/mol. The molecule has 2 rings (SSSR count). The zero-order valence-electron chi connectivity index (χ0n) is 11.8. The maximum absolute atomic E-state index is 10.3. The molecule has 0 spiro atoms. The quantitative estimate of drug-likeness (QED) is 0.792.